The molecule has 0 unspecified atom stereocenters. The van der Waals surface area contributed by atoms with Crippen LogP contribution in [0.15, 0.2) is 54.7 Å². The number of amides is 2. The Morgan fingerprint density at radius 1 is 1.00 bits per heavy atom. The van der Waals surface area contributed by atoms with Gasteiger partial charge >= 0.3 is 0 Å². The minimum Gasteiger partial charge on any atom is -0.497 e. The second-order valence-corrected chi connectivity index (χ2v) is 7.30. The number of aromatic nitrogens is 3. The molecule has 0 fully saturated rings. The van der Waals surface area contributed by atoms with E-state index >= 15 is 0 Å². The topological polar surface area (TPSA) is 77.3 Å². The zero-order chi connectivity index (χ0) is 21.0. The lowest BCUT2D eigenvalue weighted by Gasteiger charge is -2.14. The molecule has 30 heavy (non-hydrogen) atoms. The first-order chi connectivity index (χ1) is 14.5. The molecule has 0 N–H and O–H groups in total. The van der Waals surface area contributed by atoms with Crippen LogP contribution in [0.25, 0.3) is 16.7 Å². The highest BCUT2D eigenvalue weighted by Gasteiger charge is 2.40. The van der Waals surface area contributed by atoms with E-state index in [0.29, 0.717) is 38.8 Å². The highest BCUT2D eigenvalue weighted by molar-refractivity contribution is 6.37. The maximum absolute atomic E-state index is 13.3. The van der Waals surface area contributed by atoms with Gasteiger partial charge in [0.15, 0.2) is 5.65 Å². The zero-order valence-electron chi connectivity index (χ0n) is 16.1. The maximum Gasteiger partial charge on any atom is 0.267 e. The number of fused-ring (bicyclic) bond motifs is 3. The Labute approximate surface area is 176 Å². The molecule has 2 aromatic heterocycles. The Hall–Kier alpha value is -3.71. The van der Waals surface area contributed by atoms with Crippen LogP contribution in [0.2, 0.25) is 5.02 Å². The molecule has 2 amide bonds. The molecule has 8 heteroatoms. The number of nitrogens with zero attached hydrogens (tertiary/aromatic N) is 4. The summed E-state index contributed by atoms with van der Waals surface area (Å²) in [5.41, 5.74) is 2.88. The van der Waals surface area contributed by atoms with Crippen LogP contribution in [0.1, 0.15) is 26.4 Å². The van der Waals surface area contributed by atoms with Gasteiger partial charge in [0, 0.05) is 17.3 Å². The normalized spacial score (nSPS) is 13.2. The van der Waals surface area contributed by atoms with Crippen molar-refractivity contribution in [3.63, 3.8) is 0 Å². The number of rotatable bonds is 3. The Balaban J connectivity index is 1.69. The maximum atomic E-state index is 13.3. The van der Waals surface area contributed by atoms with Crippen molar-refractivity contribution in [2.75, 3.05) is 12.0 Å². The van der Waals surface area contributed by atoms with Crippen LogP contribution in [0.3, 0.4) is 0 Å². The molecule has 2 aromatic carbocycles. The van der Waals surface area contributed by atoms with Crippen LogP contribution in [0.4, 0.5) is 5.69 Å². The fraction of sp³-hybridized carbons (Fsp3) is 0.0909. The second-order valence-electron chi connectivity index (χ2n) is 6.87. The van der Waals surface area contributed by atoms with Gasteiger partial charge < -0.3 is 4.74 Å². The number of imide groups is 1. The van der Waals surface area contributed by atoms with Crippen LogP contribution >= 0.6 is 11.6 Å². The highest BCUT2D eigenvalue weighted by Crippen LogP contribution is 2.35. The Bertz CT molecular complexity index is 1340. The van der Waals surface area contributed by atoms with E-state index in [-0.39, 0.29) is 5.56 Å². The standard InChI is InChI=1S/C22H15ClN4O3/c1-12-18-19-17(11-24-20(18)27(25-12)14-8-6-13(23)7-9-14)21(28)26(22(19)29)15-4-3-5-16(10-15)30-2/h3-11H,1-2H3. The van der Waals surface area contributed by atoms with Gasteiger partial charge in [-0.1, -0.05) is 17.7 Å². The lowest BCUT2D eigenvalue weighted by molar-refractivity contribution is 0.0926. The van der Waals surface area contributed by atoms with E-state index in [1.165, 1.54) is 13.3 Å². The number of pyridine rings is 1. The molecular formula is C22H15ClN4O3. The molecule has 1 aliphatic heterocycles. The molecule has 0 saturated heterocycles. The van der Waals surface area contributed by atoms with Gasteiger partial charge in [-0.2, -0.15) is 5.10 Å². The van der Waals surface area contributed by atoms with E-state index in [0.717, 1.165) is 10.6 Å². The number of carbonyl (C=O) groups is 2. The number of hydrogen-bond donors (Lipinski definition) is 0. The summed E-state index contributed by atoms with van der Waals surface area (Å²) in [7, 11) is 1.53. The fourth-order valence-corrected chi connectivity index (χ4v) is 3.83. The number of anilines is 1. The Morgan fingerprint density at radius 2 is 1.77 bits per heavy atom. The number of hydrogen-bond acceptors (Lipinski definition) is 5. The molecule has 0 aliphatic carbocycles. The van der Waals surface area contributed by atoms with Crippen molar-refractivity contribution in [3.05, 3.63) is 76.6 Å². The summed E-state index contributed by atoms with van der Waals surface area (Å²) in [6, 6.07) is 14.0. The van der Waals surface area contributed by atoms with Gasteiger partial charge in [-0.15, -0.1) is 0 Å². The van der Waals surface area contributed by atoms with Crippen molar-refractivity contribution in [1.29, 1.82) is 0 Å². The molecule has 0 saturated carbocycles. The van der Waals surface area contributed by atoms with E-state index in [9.17, 15) is 9.59 Å². The third-order valence-electron chi connectivity index (χ3n) is 5.10. The second kappa shape index (κ2) is 6.67. The number of carbonyl (C=O) groups excluding carboxylic acids is 2. The summed E-state index contributed by atoms with van der Waals surface area (Å²) in [4.78, 5) is 32.0. The van der Waals surface area contributed by atoms with Gasteiger partial charge in [0.1, 0.15) is 5.75 Å². The number of halogens is 1. The molecule has 3 heterocycles. The van der Waals surface area contributed by atoms with Crippen LogP contribution in [0.5, 0.6) is 5.75 Å². The predicted molar refractivity (Wildman–Crippen MR) is 113 cm³/mol. The SMILES string of the molecule is COc1cccc(N2C(=O)c3cnc4c(c(C)nn4-c4ccc(Cl)cc4)c3C2=O)c1. The third-order valence-corrected chi connectivity index (χ3v) is 5.36. The lowest BCUT2D eigenvalue weighted by Crippen LogP contribution is -2.29. The van der Waals surface area contributed by atoms with E-state index < -0.39 is 11.8 Å². The Morgan fingerprint density at radius 3 is 2.50 bits per heavy atom. The number of methoxy groups -OCH3 is 1. The molecule has 0 bridgehead atoms. The van der Waals surface area contributed by atoms with Gasteiger partial charge in [0.25, 0.3) is 11.8 Å². The molecule has 0 radical (unpaired) electrons. The fourth-order valence-electron chi connectivity index (χ4n) is 3.71. The highest BCUT2D eigenvalue weighted by atomic mass is 35.5. The molecule has 5 rings (SSSR count). The van der Waals surface area contributed by atoms with E-state index in [2.05, 4.69) is 10.1 Å². The van der Waals surface area contributed by atoms with E-state index in [1.807, 2.05) is 12.1 Å². The monoisotopic (exact) mass is 418 g/mol. The first kappa shape index (κ1) is 18.3. The predicted octanol–water partition coefficient (Wildman–Crippen LogP) is 4.19. The lowest BCUT2D eigenvalue weighted by atomic mass is 10.1. The number of aryl methyl sites for hydroxylation is 1. The third kappa shape index (κ3) is 2.59. The van der Waals surface area contributed by atoms with Crippen LogP contribution in [-0.2, 0) is 0 Å². The molecule has 148 valence electrons. The summed E-state index contributed by atoms with van der Waals surface area (Å²) in [5, 5.41) is 5.73. The van der Waals surface area contributed by atoms with Crippen molar-refractivity contribution in [2.24, 2.45) is 0 Å². The largest absolute Gasteiger partial charge is 0.497 e. The molecule has 0 atom stereocenters. The van der Waals surface area contributed by atoms with E-state index in [1.54, 1.807) is 48.0 Å². The van der Waals surface area contributed by atoms with Crippen LogP contribution in [0, 0.1) is 6.92 Å². The van der Waals surface area contributed by atoms with Gasteiger partial charge in [-0.3, -0.25) is 9.59 Å². The van der Waals surface area contributed by atoms with Crippen molar-refractivity contribution < 1.29 is 14.3 Å². The Kier molecular flexibility index (Phi) is 4.08. The summed E-state index contributed by atoms with van der Waals surface area (Å²) >= 11 is 5.99. The molecule has 1 aliphatic rings. The summed E-state index contributed by atoms with van der Waals surface area (Å²) in [6.07, 6.45) is 1.44. The average Bonchev–Trinajstić information content (AvgIpc) is 3.22. The summed E-state index contributed by atoms with van der Waals surface area (Å²) in [5.74, 6) is -0.273. The smallest absolute Gasteiger partial charge is 0.267 e. The van der Waals surface area contributed by atoms with Gasteiger partial charge in [-0.25, -0.2) is 14.6 Å². The van der Waals surface area contributed by atoms with Crippen LogP contribution < -0.4 is 9.64 Å². The minimum atomic E-state index is -0.420. The zero-order valence-corrected chi connectivity index (χ0v) is 16.8. The molecule has 0 spiro atoms. The average molecular weight is 419 g/mol. The van der Waals surface area contributed by atoms with E-state index in [4.69, 9.17) is 16.3 Å². The van der Waals surface area contributed by atoms with Crippen molar-refractivity contribution >= 4 is 40.1 Å². The van der Waals surface area contributed by atoms with Crippen molar-refractivity contribution in [1.82, 2.24) is 14.8 Å². The van der Waals surface area contributed by atoms with Crippen LogP contribution in [-0.4, -0.2) is 33.7 Å². The molecule has 4 aromatic rings. The minimum absolute atomic E-state index is 0.258. The van der Waals surface area contributed by atoms with Crippen molar-refractivity contribution in [2.45, 2.75) is 6.92 Å². The summed E-state index contributed by atoms with van der Waals surface area (Å²) in [6.45, 7) is 1.79. The quantitative estimate of drug-likeness (QED) is 0.466. The van der Waals surface area contributed by atoms with Gasteiger partial charge in [0.2, 0.25) is 0 Å². The first-order valence-corrected chi connectivity index (χ1v) is 9.54. The summed E-state index contributed by atoms with van der Waals surface area (Å²) < 4.78 is 6.87. The number of ether oxygens (including phenoxy) is 1. The van der Waals surface area contributed by atoms with Crippen molar-refractivity contribution in [3.8, 4) is 11.4 Å². The molecular weight excluding hydrogens is 404 g/mol. The number of benzene rings is 2. The van der Waals surface area contributed by atoms with Gasteiger partial charge in [0.05, 0.1) is 40.7 Å². The molecule has 7 nitrogen and oxygen atoms in total. The van der Waals surface area contributed by atoms with Gasteiger partial charge in [-0.05, 0) is 43.3 Å². The first-order valence-electron chi connectivity index (χ1n) is 9.16.